The van der Waals surface area contributed by atoms with Crippen molar-refractivity contribution in [2.45, 2.75) is 24.8 Å². The molecule has 2 aromatic rings. The number of aromatic hydroxyl groups is 1. The van der Waals surface area contributed by atoms with Crippen LogP contribution in [0, 0.1) is 5.92 Å². The Kier molecular flexibility index (Phi) is 3.12. The van der Waals surface area contributed by atoms with E-state index in [2.05, 4.69) is 30.1 Å². The lowest BCUT2D eigenvalue weighted by Gasteiger charge is -2.37. The minimum atomic E-state index is 0.357. The minimum Gasteiger partial charge on any atom is -0.508 e. The van der Waals surface area contributed by atoms with Crippen molar-refractivity contribution < 1.29 is 5.11 Å². The smallest absolute Gasteiger partial charge is 0.115 e. The zero-order valence-corrected chi connectivity index (χ0v) is 12.9. The number of piperidine rings is 1. The van der Waals surface area contributed by atoms with Crippen molar-refractivity contribution in [3.05, 3.63) is 59.2 Å². The van der Waals surface area contributed by atoms with Gasteiger partial charge in [0.05, 0.1) is 0 Å². The fraction of sp³-hybridized carbons (Fsp3) is 0.368. The average molecular weight is 294 g/mol. The first-order valence-corrected chi connectivity index (χ1v) is 8.03. The molecule has 0 spiro atoms. The Labute approximate surface area is 131 Å². The summed E-state index contributed by atoms with van der Waals surface area (Å²) >= 11 is 0. The second kappa shape index (κ2) is 5.03. The second-order valence-corrected chi connectivity index (χ2v) is 6.69. The van der Waals surface area contributed by atoms with E-state index in [0.29, 0.717) is 23.6 Å². The number of rotatable bonds is 1. The second-order valence-electron chi connectivity index (χ2n) is 6.69. The molecule has 0 amide bonds. The summed E-state index contributed by atoms with van der Waals surface area (Å²) in [4.78, 5) is 2.47. The van der Waals surface area contributed by atoms with Gasteiger partial charge in [0, 0.05) is 17.6 Å². The molecule has 2 aliphatic rings. The van der Waals surface area contributed by atoms with Crippen LogP contribution >= 0.6 is 0 Å². The molecule has 3 nitrogen and oxygen atoms in total. The van der Waals surface area contributed by atoms with Crippen LogP contribution in [0.1, 0.15) is 41.5 Å². The lowest BCUT2D eigenvalue weighted by Crippen LogP contribution is -2.34. The van der Waals surface area contributed by atoms with Gasteiger partial charge < -0.3 is 10.8 Å². The third kappa shape index (κ3) is 2.00. The van der Waals surface area contributed by atoms with Gasteiger partial charge in [0.25, 0.3) is 0 Å². The first-order chi connectivity index (χ1) is 10.6. The minimum absolute atomic E-state index is 0.357. The highest BCUT2D eigenvalue weighted by Crippen LogP contribution is 2.54. The van der Waals surface area contributed by atoms with E-state index in [9.17, 15) is 5.11 Å². The monoisotopic (exact) mass is 294 g/mol. The molecule has 1 fully saturated rings. The lowest BCUT2D eigenvalue weighted by molar-refractivity contribution is 0.127. The molecule has 0 aromatic heterocycles. The summed E-state index contributed by atoms with van der Waals surface area (Å²) in [5, 5.41) is 9.97. The maximum atomic E-state index is 9.97. The van der Waals surface area contributed by atoms with Crippen LogP contribution < -0.4 is 5.73 Å². The predicted octanol–water partition coefficient (Wildman–Crippen LogP) is 3.50. The first kappa shape index (κ1) is 13.6. The van der Waals surface area contributed by atoms with E-state index in [4.69, 9.17) is 5.73 Å². The van der Waals surface area contributed by atoms with E-state index < -0.39 is 0 Å². The fourth-order valence-electron chi connectivity index (χ4n) is 4.48. The number of nitrogens with two attached hydrogens (primary N) is 1. The third-order valence-corrected chi connectivity index (χ3v) is 5.38. The maximum Gasteiger partial charge on any atom is 0.115 e. The van der Waals surface area contributed by atoms with E-state index in [0.717, 1.165) is 12.2 Å². The standard InChI is InChI=1S/C19H22N2O/c1-21-10-2-3-16-18(12-4-6-13(20)7-5-12)17-11-14(22)8-9-15(17)19(16)21/h4-9,11,16,18-19,22H,2-3,10,20H2,1H3. The fourth-order valence-corrected chi connectivity index (χ4v) is 4.48. The first-order valence-electron chi connectivity index (χ1n) is 8.03. The Morgan fingerprint density at radius 1 is 1.09 bits per heavy atom. The van der Waals surface area contributed by atoms with Gasteiger partial charge in [-0.05, 0) is 73.3 Å². The highest BCUT2D eigenvalue weighted by molar-refractivity contribution is 5.51. The lowest BCUT2D eigenvalue weighted by atomic mass is 9.80. The predicted molar refractivity (Wildman–Crippen MR) is 88.9 cm³/mol. The van der Waals surface area contributed by atoms with Crippen molar-refractivity contribution in [1.82, 2.24) is 4.90 Å². The molecular weight excluding hydrogens is 272 g/mol. The quantitative estimate of drug-likeness (QED) is 0.791. The molecule has 1 aliphatic carbocycles. The van der Waals surface area contributed by atoms with Crippen LogP contribution in [0.3, 0.4) is 0 Å². The Morgan fingerprint density at radius 3 is 2.64 bits per heavy atom. The van der Waals surface area contributed by atoms with Gasteiger partial charge in [-0.1, -0.05) is 18.2 Å². The topological polar surface area (TPSA) is 49.5 Å². The molecule has 1 aliphatic heterocycles. The van der Waals surface area contributed by atoms with Crippen LogP contribution in [0.5, 0.6) is 5.75 Å². The molecule has 0 radical (unpaired) electrons. The number of nitrogen functional groups attached to an aromatic ring is 1. The number of benzene rings is 2. The average Bonchev–Trinajstić information content (AvgIpc) is 2.83. The van der Waals surface area contributed by atoms with Crippen molar-refractivity contribution in [3.8, 4) is 5.75 Å². The molecule has 3 atom stereocenters. The number of hydrogen-bond acceptors (Lipinski definition) is 3. The Morgan fingerprint density at radius 2 is 1.86 bits per heavy atom. The summed E-state index contributed by atoms with van der Waals surface area (Å²) < 4.78 is 0. The molecule has 2 aromatic carbocycles. The Balaban J connectivity index is 1.86. The Hall–Kier alpha value is -2.00. The van der Waals surface area contributed by atoms with Crippen LogP contribution in [0.4, 0.5) is 5.69 Å². The van der Waals surface area contributed by atoms with E-state index in [1.165, 1.54) is 29.5 Å². The van der Waals surface area contributed by atoms with Crippen molar-refractivity contribution in [1.29, 1.82) is 0 Å². The number of anilines is 1. The molecule has 0 bridgehead atoms. The number of nitrogens with zero attached hydrogens (tertiary/aromatic N) is 1. The van der Waals surface area contributed by atoms with Gasteiger partial charge in [0.2, 0.25) is 0 Å². The summed E-state index contributed by atoms with van der Waals surface area (Å²) in [6.07, 6.45) is 2.47. The van der Waals surface area contributed by atoms with Gasteiger partial charge in [0.15, 0.2) is 0 Å². The molecular formula is C19H22N2O. The maximum absolute atomic E-state index is 9.97. The number of fused-ring (bicyclic) bond motifs is 3. The molecule has 114 valence electrons. The van der Waals surface area contributed by atoms with Gasteiger partial charge in [-0.15, -0.1) is 0 Å². The number of hydrogen-bond donors (Lipinski definition) is 2. The van der Waals surface area contributed by atoms with Gasteiger partial charge in [-0.3, -0.25) is 4.90 Å². The largest absolute Gasteiger partial charge is 0.508 e. The van der Waals surface area contributed by atoms with E-state index in [1.807, 2.05) is 24.3 Å². The summed E-state index contributed by atoms with van der Waals surface area (Å²) in [5.74, 6) is 1.30. The third-order valence-electron chi connectivity index (χ3n) is 5.38. The molecule has 1 saturated heterocycles. The van der Waals surface area contributed by atoms with Gasteiger partial charge in [-0.2, -0.15) is 0 Å². The van der Waals surface area contributed by atoms with Crippen LogP contribution in [-0.4, -0.2) is 23.6 Å². The molecule has 0 saturated carbocycles. The zero-order chi connectivity index (χ0) is 15.3. The summed E-state index contributed by atoms with van der Waals surface area (Å²) in [6.45, 7) is 1.15. The van der Waals surface area contributed by atoms with Gasteiger partial charge in [-0.25, -0.2) is 0 Å². The highest BCUT2D eigenvalue weighted by atomic mass is 16.3. The van der Waals surface area contributed by atoms with E-state index >= 15 is 0 Å². The molecule has 22 heavy (non-hydrogen) atoms. The van der Waals surface area contributed by atoms with Crippen molar-refractivity contribution >= 4 is 5.69 Å². The molecule has 3 unspecified atom stereocenters. The van der Waals surface area contributed by atoms with Gasteiger partial charge in [0.1, 0.15) is 5.75 Å². The van der Waals surface area contributed by atoms with Crippen LogP contribution in [-0.2, 0) is 0 Å². The number of phenolic OH excluding ortho intramolecular Hbond substituents is 1. The van der Waals surface area contributed by atoms with Crippen LogP contribution in [0.25, 0.3) is 0 Å². The summed E-state index contributed by atoms with van der Waals surface area (Å²) in [6, 6.07) is 14.6. The number of phenols is 1. The van der Waals surface area contributed by atoms with Crippen molar-refractivity contribution in [3.63, 3.8) is 0 Å². The SMILES string of the molecule is CN1CCCC2C(c3ccc(N)cc3)c3cc(O)ccc3C21. The molecule has 3 N–H and O–H groups in total. The molecule has 3 heteroatoms. The molecule has 1 heterocycles. The Bertz CT molecular complexity index is 695. The van der Waals surface area contributed by atoms with Crippen LogP contribution in [0.15, 0.2) is 42.5 Å². The van der Waals surface area contributed by atoms with Crippen molar-refractivity contribution in [2.24, 2.45) is 5.92 Å². The van der Waals surface area contributed by atoms with E-state index in [-0.39, 0.29) is 0 Å². The number of likely N-dealkylation sites (tertiary alicyclic amines) is 1. The summed E-state index contributed by atoms with van der Waals surface area (Å²) in [5.41, 5.74) is 10.6. The molecule has 4 rings (SSSR count). The van der Waals surface area contributed by atoms with E-state index in [1.54, 1.807) is 0 Å². The van der Waals surface area contributed by atoms with Crippen molar-refractivity contribution in [2.75, 3.05) is 19.3 Å². The van der Waals surface area contributed by atoms with Gasteiger partial charge >= 0.3 is 0 Å². The highest BCUT2D eigenvalue weighted by Gasteiger charge is 2.44. The normalized spacial score (nSPS) is 27.4. The van der Waals surface area contributed by atoms with Crippen LogP contribution in [0.2, 0.25) is 0 Å². The zero-order valence-electron chi connectivity index (χ0n) is 12.9. The summed E-state index contributed by atoms with van der Waals surface area (Å²) in [7, 11) is 2.22.